The molecule has 1 heterocycles. The number of furan rings is 1. The molecule has 112 valence electrons. The lowest BCUT2D eigenvalue weighted by atomic mass is 10.2. The van der Waals surface area contributed by atoms with E-state index in [1.807, 2.05) is 36.4 Å². The number of anilines is 2. The molecule has 1 aromatic heterocycles. The summed E-state index contributed by atoms with van der Waals surface area (Å²) >= 11 is 6.18. The Balaban J connectivity index is 2.11. The molecule has 0 saturated heterocycles. The normalized spacial score (nSPS) is 10.6. The van der Waals surface area contributed by atoms with Crippen LogP contribution in [0.4, 0.5) is 11.4 Å². The largest absolute Gasteiger partial charge is 0.460 e. The van der Waals surface area contributed by atoms with Gasteiger partial charge in [-0.3, -0.25) is 0 Å². The summed E-state index contributed by atoms with van der Waals surface area (Å²) in [5.41, 5.74) is 1.86. The van der Waals surface area contributed by atoms with Crippen LogP contribution in [-0.2, 0) is 4.74 Å². The van der Waals surface area contributed by atoms with Gasteiger partial charge < -0.3 is 14.5 Å². The van der Waals surface area contributed by atoms with Gasteiger partial charge in [-0.2, -0.15) is 0 Å². The minimum Gasteiger partial charge on any atom is -0.460 e. The van der Waals surface area contributed by atoms with E-state index in [0.717, 1.165) is 5.39 Å². The summed E-state index contributed by atoms with van der Waals surface area (Å²) in [6, 6.07) is 14.7. The zero-order chi connectivity index (χ0) is 15.5. The van der Waals surface area contributed by atoms with Gasteiger partial charge in [-0.05, 0) is 31.2 Å². The number of hydrogen-bond acceptors (Lipinski definition) is 4. The Kier molecular flexibility index (Phi) is 4.02. The fraction of sp³-hybridized carbons (Fsp3) is 0.118. The molecule has 0 radical (unpaired) electrons. The van der Waals surface area contributed by atoms with E-state index in [0.29, 0.717) is 22.0 Å². The van der Waals surface area contributed by atoms with E-state index in [-0.39, 0.29) is 12.4 Å². The van der Waals surface area contributed by atoms with Gasteiger partial charge in [0.05, 0.1) is 17.3 Å². The first-order chi connectivity index (χ1) is 10.7. The molecule has 0 bridgehead atoms. The average molecular weight is 316 g/mol. The second kappa shape index (κ2) is 6.12. The molecule has 0 atom stereocenters. The van der Waals surface area contributed by atoms with Crippen LogP contribution in [0, 0.1) is 0 Å². The van der Waals surface area contributed by atoms with E-state index in [2.05, 4.69) is 5.32 Å². The molecule has 2 aromatic carbocycles. The van der Waals surface area contributed by atoms with E-state index in [1.165, 1.54) is 0 Å². The third-order valence-corrected chi connectivity index (χ3v) is 3.52. The highest BCUT2D eigenvalue weighted by Gasteiger charge is 2.22. The summed E-state index contributed by atoms with van der Waals surface area (Å²) in [5, 5.41) is 4.53. The second-order valence-electron chi connectivity index (χ2n) is 4.63. The molecule has 0 saturated carbocycles. The van der Waals surface area contributed by atoms with Crippen LogP contribution < -0.4 is 5.32 Å². The minimum atomic E-state index is -0.506. The Morgan fingerprint density at radius 1 is 1.18 bits per heavy atom. The summed E-state index contributed by atoms with van der Waals surface area (Å²) in [6.45, 7) is 2.03. The Morgan fingerprint density at radius 2 is 1.91 bits per heavy atom. The zero-order valence-corrected chi connectivity index (χ0v) is 12.7. The van der Waals surface area contributed by atoms with Crippen LogP contribution in [0.1, 0.15) is 17.5 Å². The smallest absolute Gasteiger partial charge is 0.376 e. The van der Waals surface area contributed by atoms with Crippen molar-refractivity contribution in [1.82, 2.24) is 0 Å². The fourth-order valence-electron chi connectivity index (χ4n) is 2.21. The highest BCUT2D eigenvalue weighted by molar-refractivity contribution is 6.33. The molecule has 0 aliphatic rings. The van der Waals surface area contributed by atoms with Crippen molar-refractivity contribution in [3.63, 3.8) is 0 Å². The molecule has 0 unspecified atom stereocenters. The number of carbonyl (C=O) groups is 1. The predicted molar refractivity (Wildman–Crippen MR) is 86.9 cm³/mol. The van der Waals surface area contributed by atoms with Crippen LogP contribution in [0.2, 0.25) is 5.02 Å². The molecule has 22 heavy (non-hydrogen) atoms. The average Bonchev–Trinajstić information content (AvgIpc) is 2.89. The Labute approximate surface area is 132 Å². The summed E-state index contributed by atoms with van der Waals surface area (Å²) < 4.78 is 10.7. The number of carbonyl (C=O) groups excluding carboxylic acids is 1. The fourth-order valence-corrected chi connectivity index (χ4v) is 2.39. The molecular weight excluding hydrogens is 302 g/mol. The number of rotatable bonds is 4. The Hall–Kier alpha value is -2.46. The molecule has 4 nitrogen and oxygen atoms in total. The van der Waals surface area contributed by atoms with Crippen molar-refractivity contribution in [2.45, 2.75) is 6.92 Å². The first kappa shape index (κ1) is 14.5. The number of ether oxygens (including phenoxy) is 1. The van der Waals surface area contributed by atoms with Gasteiger partial charge in [0.1, 0.15) is 11.3 Å². The summed E-state index contributed by atoms with van der Waals surface area (Å²) in [5.74, 6) is -0.365. The van der Waals surface area contributed by atoms with E-state index < -0.39 is 5.97 Å². The van der Waals surface area contributed by atoms with E-state index in [4.69, 9.17) is 20.8 Å². The highest BCUT2D eigenvalue weighted by atomic mass is 35.5. The summed E-state index contributed by atoms with van der Waals surface area (Å²) in [4.78, 5) is 12.1. The maximum atomic E-state index is 12.1. The van der Waals surface area contributed by atoms with Crippen LogP contribution in [0.3, 0.4) is 0 Å². The third-order valence-electron chi connectivity index (χ3n) is 3.19. The molecule has 0 spiro atoms. The van der Waals surface area contributed by atoms with Crippen LogP contribution >= 0.6 is 11.6 Å². The van der Waals surface area contributed by atoms with Crippen molar-refractivity contribution in [2.24, 2.45) is 0 Å². The van der Waals surface area contributed by atoms with Crippen LogP contribution in [0.15, 0.2) is 52.9 Å². The van der Waals surface area contributed by atoms with Gasteiger partial charge in [-0.25, -0.2) is 4.79 Å². The maximum absolute atomic E-state index is 12.1. The topological polar surface area (TPSA) is 51.5 Å². The van der Waals surface area contributed by atoms with Crippen molar-refractivity contribution in [2.75, 3.05) is 11.9 Å². The van der Waals surface area contributed by atoms with Crippen molar-refractivity contribution in [1.29, 1.82) is 0 Å². The third kappa shape index (κ3) is 2.65. The Morgan fingerprint density at radius 3 is 2.68 bits per heavy atom. The first-order valence-electron chi connectivity index (χ1n) is 6.91. The van der Waals surface area contributed by atoms with Crippen LogP contribution in [-0.4, -0.2) is 12.6 Å². The van der Waals surface area contributed by atoms with E-state index >= 15 is 0 Å². The number of fused-ring (bicyclic) bond motifs is 1. The summed E-state index contributed by atoms with van der Waals surface area (Å²) in [6.07, 6.45) is 0. The molecule has 3 rings (SSSR count). The van der Waals surface area contributed by atoms with Crippen molar-refractivity contribution < 1.29 is 13.9 Å². The number of hydrogen-bond donors (Lipinski definition) is 1. The lowest BCUT2D eigenvalue weighted by Crippen LogP contribution is -2.06. The van der Waals surface area contributed by atoms with Crippen LogP contribution in [0.25, 0.3) is 11.0 Å². The van der Waals surface area contributed by atoms with Crippen molar-refractivity contribution in [3.05, 3.63) is 59.3 Å². The molecule has 5 heteroatoms. The standard InChI is InChI=1S/C17H14ClNO3/c1-2-21-17(20)16-15(11-7-3-6-10-14(11)22-16)19-13-9-5-4-8-12(13)18/h3-10,19H,2H2,1H3. The van der Waals surface area contributed by atoms with Gasteiger partial charge in [-0.1, -0.05) is 35.9 Å². The lowest BCUT2D eigenvalue weighted by molar-refractivity contribution is 0.0494. The van der Waals surface area contributed by atoms with Crippen LogP contribution in [0.5, 0.6) is 0 Å². The quantitative estimate of drug-likeness (QED) is 0.688. The molecular formula is C17H14ClNO3. The number of nitrogens with one attached hydrogen (secondary N) is 1. The highest BCUT2D eigenvalue weighted by Crippen LogP contribution is 2.35. The monoisotopic (exact) mass is 315 g/mol. The molecule has 0 amide bonds. The number of halogens is 1. The molecule has 0 aliphatic heterocycles. The minimum absolute atomic E-state index is 0.142. The van der Waals surface area contributed by atoms with Crippen molar-refractivity contribution in [3.8, 4) is 0 Å². The van der Waals surface area contributed by atoms with Gasteiger partial charge in [0.15, 0.2) is 0 Å². The van der Waals surface area contributed by atoms with E-state index in [9.17, 15) is 4.79 Å². The molecule has 0 aliphatic carbocycles. The zero-order valence-electron chi connectivity index (χ0n) is 11.9. The molecule has 3 aromatic rings. The molecule has 1 N–H and O–H groups in total. The number of para-hydroxylation sites is 2. The maximum Gasteiger partial charge on any atom is 0.376 e. The second-order valence-corrected chi connectivity index (χ2v) is 5.03. The predicted octanol–water partition coefficient (Wildman–Crippen LogP) is 5.01. The van der Waals surface area contributed by atoms with Crippen molar-refractivity contribution >= 4 is 39.9 Å². The SMILES string of the molecule is CCOC(=O)c1oc2ccccc2c1Nc1ccccc1Cl. The van der Waals surface area contributed by atoms with Gasteiger partial charge >= 0.3 is 5.97 Å². The number of esters is 1. The first-order valence-corrected chi connectivity index (χ1v) is 7.28. The van der Waals surface area contributed by atoms with Gasteiger partial charge in [0.25, 0.3) is 0 Å². The summed E-state index contributed by atoms with van der Waals surface area (Å²) in [7, 11) is 0. The van der Waals surface area contributed by atoms with Gasteiger partial charge in [0, 0.05) is 5.39 Å². The lowest BCUT2D eigenvalue weighted by Gasteiger charge is -2.08. The van der Waals surface area contributed by atoms with Gasteiger partial charge in [-0.15, -0.1) is 0 Å². The Bertz CT molecular complexity index is 826. The number of benzene rings is 2. The van der Waals surface area contributed by atoms with Gasteiger partial charge in [0.2, 0.25) is 5.76 Å². The molecule has 0 fully saturated rings. The van der Waals surface area contributed by atoms with E-state index in [1.54, 1.807) is 19.1 Å².